The second kappa shape index (κ2) is 9.58. The molecule has 0 bridgehead atoms. The molecule has 0 spiro atoms. The number of nitriles is 1. The van der Waals surface area contributed by atoms with Crippen LogP contribution in [0.15, 0.2) is 35.4 Å². The van der Waals surface area contributed by atoms with Crippen LogP contribution >= 0.6 is 11.8 Å². The first-order valence-electron chi connectivity index (χ1n) is 9.58. The van der Waals surface area contributed by atoms with E-state index >= 15 is 0 Å². The summed E-state index contributed by atoms with van der Waals surface area (Å²) in [6.07, 6.45) is -4.68. The summed E-state index contributed by atoms with van der Waals surface area (Å²) < 4.78 is 45.1. The van der Waals surface area contributed by atoms with Crippen LogP contribution in [0, 0.1) is 18.3 Å². The van der Waals surface area contributed by atoms with Crippen LogP contribution in [-0.2, 0) is 15.7 Å². The maximum absolute atomic E-state index is 13.3. The Labute approximate surface area is 182 Å². The Hall–Kier alpha value is -2.77. The normalized spacial score (nSPS) is 15.3. The van der Waals surface area contributed by atoms with Crippen molar-refractivity contribution in [3.8, 4) is 6.07 Å². The smallest absolute Gasteiger partial charge is 0.378 e. The summed E-state index contributed by atoms with van der Waals surface area (Å²) >= 11 is 0.825. The molecule has 1 aromatic carbocycles. The molecule has 1 saturated heterocycles. The van der Waals surface area contributed by atoms with Crippen LogP contribution in [0.4, 0.5) is 24.5 Å². The highest BCUT2D eigenvalue weighted by Gasteiger charge is 2.36. The Kier molecular flexibility index (Phi) is 7.08. The number of carbonyl (C=O) groups excluding carboxylic acids is 1. The molecule has 0 saturated carbocycles. The molecule has 1 unspecified atom stereocenters. The molecular formula is C21H21F3N4O2S. The molecule has 2 aromatic rings. The van der Waals surface area contributed by atoms with Gasteiger partial charge < -0.3 is 15.0 Å². The summed E-state index contributed by atoms with van der Waals surface area (Å²) in [6, 6.07) is 9.75. The fourth-order valence-corrected chi connectivity index (χ4v) is 4.07. The Bertz CT molecular complexity index is 984. The molecule has 1 aliphatic heterocycles. The van der Waals surface area contributed by atoms with Crippen LogP contribution in [0.5, 0.6) is 0 Å². The van der Waals surface area contributed by atoms with Gasteiger partial charge >= 0.3 is 6.18 Å². The minimum absolute atomic E-state index is 0.111. The van der Waals surface area contributed by atoms with Crippen molar-refractivity contribution in [2.24, 2.45) is 0 Å². The quantitative estimate of drug-likeness (QED) is 0.687. The fourth-order valence-electron chi connectivity index (χ4n) is 3.10. The van der Waals surface area contributed by atoms with Crippen LogP contribution in [0.3, 0.4) is 0 Å². The first-order chi connectivity index (χ1) is 14.7. The molecule has 1 fully saturated rings. The van der Waals surface area contributed by atoms with Gasteiger partial charge in [-0.1, -0.05) is 11.8 Å². The van der Waals surface area contributed by atoms with Crippen molar-refractivity contribution >= 4 is 29.0 Å². The van der Waals surface area contributed by atoms with Crippen molar-refractivity contribution in [3.05, 3.63) is 47.2 Å². The summed E-state index contributed by atoms with van der Waals surface area (Å²) in [7, 11) is 0. The number of aryl methyl sites for hydroxylation is 1. The third kappa shape index (κ3) is 5.68. The second-order valence-electron chi connectivity index (χ2n) is 7.00. The van der Waals surface area contributed by atoms with Crippen molar-refractivity contribution in [2.75, 3.05) is 36.5 Å². The lowest BCUT2D eigenvalue weighted by Gasteiger charge is -2.28. The third-order valence-corrected chi connectivity index (χ3v) is 5.79. The number of rotatable bonds is 5. The number of nitrogens with one attached hydrogen (secondary N) is 1. The number of benzene rings is 1. The lowest BCUT2D eigenvalue weighted by molar-refractivity contribution is -0.138. The molecule has 0 aliphatic carbocycles. The largest absolute Gasteiger partial charge is 0.417 e. The van der Waals surface area contributed by atoms with Gasteiger partial charge in [-0.25, -0.2) is 4.98 Å². The van der Waals surface area contributed by atoms with E-state index in [1.165, 1.54) is 6.92 Å². The predicted molar refractivity (Wildman–Crippen MR) is 112 cm³/mol. The van der Waals surface area contributed by atoms with Crippen LogP contribution < -0.4 is 10.2 Å². The summed E-state index contributed by atoms with van der Waals surface area (Å²) in [5, 5.41) is 11.1. The zero-order valence-electron chi connectivity index (χ0n) is 17.0. The minimum atomic E-state index is -4.68. The summed E-state index contributed by atoms with van der Waals surface area (Å²) in [6.45, 7) is 5.90. The van der Waals surface area contributed by atoms with Crippen LogP contribution in [0.2, 0.25) is 0 Å². The number of anilines is 2. The van der Waals surface area contributed by atoms with E-state index in [9.17, 15) is 23.2 Å². The zero-order valence-corrected chi connectivity index (χ0v) is 17.8. The number of alkyl halides is 3. The topological polar surface area (TPSA) is 78.2 Å². The molecule has 2 heterocycles. The minimum Gasteiger partial charge on any atom is -0.378 e. The summed E-state index contributed by atoms with van der Waals surface area (Å²) in [5.41, 5.74) is 0.100. The van der Waals surface area contributed by atoms with Gasteiger partial charge in [0.05, 0.1) is 29.6 Å². The highest BCUT2D eigenvalue weighted by atomic mass is 32.2. The molecule has 6 nitrogen and oxygen atoms in total. The van der Waals surface area contributed by atoms with Gasteiger partial charge in [-0.3, -0.25) is 4.79 Å². The van der Waals surface area contributed by atoms with Gasteiger partial charge in [0, 0.05) is 30.2 Å². The summed E-state index contributed by atoms with van der Waals surface area (Å²) in [4.78, 5) is 18.8. The van der Waals surface area contributed by atoms with Gasteiger partial charge in [0.25, 0.3) is 0 Å². The molecule has 31 heavy (non-hydrogen) atoms. The lowest BCUT2D eigenvalue weighted by atomic mass is 10.1. The van der Waals surface area contributed by atoms with E-state index in [0.717, 1.165) is 36.6 Å². The van der Waals surface area contributed by atoms with Crippen LogP contribution in [-0.4, -0.2) is 42.4 Å². The Morgan fingerprint density at radius 3 is 2.52 bits per heavy atom. The van der Waals surface area contributed by atoms with E-state index in [1.807, 2.05) is 12.1 Å². The molecule has 1 aromatic heterocycles. The number of carbonyl (C=O) groups is 1. The molecule has 10 heteroatoms. The van der Waals surface area contributed by atoms with Crippen molar-refractivity contribution in [1.29, 1.82) is 5.26 Å². The number of aromatic nitrogens is 1. The number of pyridine rings is 1. The van der Waals surface area contributed by atoms with E-state index in [4.69, 9.17) is 4.74 Å². The predicted octanol–water partition coefficient (Wildman–Crippen LogP) is 4.24. The molecule has 1 atom stereocenters. The maximum Gasteiger partial charge on any atom is 0.417 e. The van der Waals surface area contributed by atoms with E-state index in [0.29, 0.717) is 18.9 Å². The number of amides is 1. The molecule has 164 valence electrons. The van der Waals surface area contributed by atoms with Gasteiger partial charge in [0.1, 0.15) is 11.1 Å². The lowest BCUT2D eigenvalue weighted by Crippen LogP contribution is -2.36. The number of halogens is 3. The van der Waals surface area contributed by atoms with Gasteiger partial charge in [-0.15, -0.1) is 0 Å². The van der Waals surface area contributed by atoms with E-state index in [1.54, 1.807) is 25.1 Å². The highest BCUT2D eigenvalue weighted by Crippen LogP contribution is 2.37. The van der Waals surface area contributed by atoms with Crippen molar-refractivity contribution in [1.82, 2.24) is 4.98 Å². The van der Waals surface area contributed by atoms with Gasteiger partial charge in [-0.2, -0.15) is 18.4 Å². The highest BCUT2D eigenvalue weighted by molar-refractivity contribution is 8.00. The van der Waals surface area contributed by atoms with E-state index < -0.39 is 28.5 Å². The molecule has 1 N–H and O–H groups in total. The SMILES string of the molecule is Cc1cc(C(F)(F)F)c(C#N)c(SC(C)C(=O)Nc2ccc(N3CCOCC3)cc2)n1. The zero-order chi connectivity index (χ0) is 22.6. The van der Waals surface area contributed by atoms with Crippen molar-refractivity contribution in [2.45, 2.75) is 30.3 Å². The maximum atomic E-state index is 13.3. The van der Waals surface area contributed by atoms with Gasteiger partial charge in [0.2, 0.25) is 5.91 Å². The second-order valence-corrected chi connectivity index (χ2v) is 8.33. The summed E-state index contributed by atoms with van der Waals surface area (Å²) in [5.74, 6) is -0.398. The monoisotopic (exact) mass is 450 g/mol. The van der Waals surface area contributed by atoms with Gasteiger partial charge in [0.15, 0.2) is 0 Å². The van der Waals surface area contributed by atoms with Gasteiger partial charge in [-0.05, 0) is 44.2 Å². The average Bonchev–Trinajstić information content (AvgIpc) is 2.74. The molecule has 3 rings (SSSR count). The van der Waals surface area contributed by atoms with Crippen LogP contribution in [0.1, 0.15) is 23.7 Å². The Morgan fingerprint density at radius 2 is 1.94 bits per heavy atom. The van der Waals surface area contributed by atoms with Crippen molar-refractivity contribution in [3.63, 3.8) is 0 Å². The number of ether oxygens (including phenoxy) is 1. The van der Waals surface area contributed by atoms with E-state index in [-0.39, 0.29) is 10.7 Å². The number of morpholine rings is 1. The third-order valence-electron chi connectivity index (χ3n) is 4.70. The molecule has 1 aliphatic rings. The first kappa shape index (κ1) is 22.9. The van der Waals surface area contributed by atoms with E-state index in [2.05, 4.69) is 15.2 Å². The van der Waals surface area contributed by atoms with Crippen molar-refractivity contribution < 1.29 is 22.7 Å². The molecular weight excluding hydrogens is 429 g/mol. The fraction of sp³-hybridized carbons (Fsp3) is 0.381. The average molecular weight is 450 g/mol. The number of nitrogens with zero attached hydrogens (tertiary/aromatic N) is 3. The first-order valence-corrected chi connectivity index (χ1v) is 10.5. The molecule has 0 radical (unpaired) electrons. The number of hydrogen-bond donors (Lipinski definition) is 1. The Morgan fingerprint density at radius 1 is 1.29 bits per heavy atom. The number of thioether (sulfide) groups is 1. The van der Waals surface area contributed by atoms with Crippen LogP contribution in [0.25, 0.3) is 0 Å². The number of hydrogen-bond acceptors (Lipinski definition) is 6. The standard InChI is InChI=1S/C21H21F3N4O2S/c1-13-11-18(21(22,23)24)17(12-25)20(26-13)31-14(2)19(29)27-15-3-5-16(6-4-15)28-7-9-30-10-8-28/h3-6,11,14H,7-10H2,1-2H3,(H,27,29). The molecule has 1 amide bonds. The Balaban J connectivity index is 1.70.